The van der Waals surface area contributed by atoms with Gasteiger partial charge in [0, 0.05) is 12.3 Å². The summed E-state index contributed by atoms with van der Waals surface area (Å²) in [5.41, 5.74) is 4.46. The van der Waals surface area contributed by atoms with E-state index < -0.39 is 23.8 Å². The largest absolute Gasteiger partial charge is 0.475 e. The summed E-state index contributed by atoms with van der Waals surface area (Å²) < 4.78 is 46.3. The number of pyridine rings is 1. The third kappa shape index (κ3) is 3.88. The van der Waals surface area contributed by atoms with Crippen LogP contribution in [0.25, 0.3) is 0 Å². The quantitative estimate of drug-likeness (QED) is 0.820. The second-order valence-corrected chi connectivity index (χ2v) is 3.32. The molecule has 2 N–H and O–H groups in total. The minimum atomic E-state index is -4.48. The Balaban J connectivity index is 2.66. The van der Waals surface area contributed by atoms with Crippen LogP contribution in [0.3, 0.4) is 0 Å². The van der Waals surface area contributed by atoms with Crippen molar-refractivity contribution in [3.8, 4) is 5.88 Å². The zero-order valence-electron chi connectivity index (χ0n) is 9.40. The van der Waals surface area contributed by atoms with Crippen molar-refractivity contribution in [1.29, 1.82) is 0 Å². The predicted octanol–water partition coefficient (Wildman–Crippen LogP) is 0.979. The summed E-state index contributed by atoms with van der Waals surface area (Å²) in [6, 6.07) is 0.461. The summed E-state index contributed by atoms with van der Waals surface area (Å²) in [4.78, 5) is 14.5. The molecule has 1 unspecified atom stereocenters. The van der Waals surface area contributed by atoms with Crippen molar-refractivity contribution in [2.45, 2.75) is 12.2 Å². The Hall–Kier alpha value is -1.83. The van der Waals surface area contributed by atoms with Crippen LogP contribution >= 0.6 is 0 Å². The van der Waals surface area contributed by atoms with Gasteiger partial charge in [-0.3, -0.25) is 4.79 Å². The molecule has 0 saturated heterocycles. The number of halogens is 3. The topological polar surface area (TPSA) is 74.4 Å². The highest BCUT2D eigenvalue weighted by atomic mass is 19.4. The van der Waals surface area contributed by atoms with Gasteiger partial charge in [-0.25, -0.2) is 4.98 Å². The molecular formula is C10H11F3N2O3. The highest BCUT2D eigenvalue weighted by Gasteiger charge is 2.31. The Morgan fingerprint density at radius 1 is 1.56 bits per heavy atom. The molecule has 0 radical (unpaired) electrons. The fourth-order valence-electron chi connectivity index (χ4n) is 1.06. The smallest absolute Gasteiger partial charge is 0.416 e. The first-order valence-corrected chi connectivity index (χ1v) is 4.84. The lowest BCUT2D eigenvalue weighted by molar-refractivity contribution is -0.143. The maximum atomic E-state index is 12.4. The van der Waals surface area contributed by atoms with Crippen LogP contribution in [0.15, 0.2) is 18.3 Å². The summed E-state index contributed by atoms with van der Waals surface area (Å²) in [7, 11) is 1.14. The molecule has 1 aromatic rings. The van der Waals surface area contributed by atoms with E-state index in [4.69, 9.17) is 10.5 Å². The zero-order chi connectivity index (χ0) is 13.8. The molecule has 1 rings (SSSR count). The number of aromatic nitrogens is 1. The van der Waals surface area contributed by atoms with Crippen molar-refractivity contribution in [1.82, 2.24) is 4.98 Å². The third-order valence-corrected chi connectivity index (χ3v) is 1.98. The van der Waals surface area contributed by atoms with Crippen molar-refractivity contribution in [3.63, 3.8) is 0 Å². The number of nitrogens with zero attached hydrogens (tertiary/aromatic N) is 1. The van der Waals surface area contributed by atoms with Crippen LogP contribution < -0.4 is 10.5 Å². The van der Waals surface area contributed by atoms with Crippen LogP contribution in [0.5, 0.6) is 5.88 Å². The van der Waals surface area contributed by atoms with E-state index in [2.05, 4.69) is 9.72 Å². The molecule has 0 fully saturated rings. The third-order valence-electron chi connectivity index (χ3n) is 1.98. The highest BCUT2D eigenvalue weighted by molar-refractivity contribution is 5.75. The van der Waals surface area contributed by atoms with Gasteiger partial charge in [0.25, 0.3) is 0 Å². The average Bonchev–Trinajstić information content (AvgIpc) is 2.34. The molecule has 5 nitrogen and oxygen atoms in total. The minimum absolute atomic E-state index is 0.260. The molecule has 0 aliphatic rings. The molecule has 100 valence electrons. The molecule has 0 spiro atoms. The maximum absolute atomic E-state index is 12.4. The molecule has 0 amide bonds. The lowest BCUT2D eigenvalue weighted by Gasteiger charge is -2.12. The van der Waals surface area contributed by atoms with Crippen LogP contribution in [0.4, 0.5) is 13.2 Å². The van der Waals surface area contributed by atoms with Crippen LogP contribution in [-0.4, -0.2) is 30.7 Å². The molecule has 1 heterocycles. The number of carbonyl (C=O) groups is 1. The van der Waals surface area contributed by atoms with E-state index in [0.29, 0.717) is 0 Å². The second-order valence-electron chi connectivity index (χ2n) is 3.32. The van der Waals surface area contributed by atoms with E-state index in [0.717, 1.165) is 25.4 Å². The number of rotatable bonds is 4. The highest BCUT2D eigenvalue weighted by Crippen LogP contribution is 2.30. The Morgan fingerprint density at radius 2 is 2.22 bits per heavy atom. The van der Waals surface area contributed by atoms with Gasteiger partial charge in [0.1, 0.15) is 12.6 Å². The standard InChI is InChI=1S/C10H11F3N2O3/c1-17-9(16)7(14)5-18-8-4-6(2-3-15-8)10(11,12)13/h2-4,7H,5,14H2,1H3. The first-order chi connectivity index (χ1) is 8.34. The number of nitrogens with two attached hydrogens (primary N) is 1. The van der Waals surface area contributed by atoms with Crippen molar-refractivity contribution < 1.29 is 27.4 Å². The molecule has 0 aromatic carbocycles. The molecular weight excluding hydrogens is 253 g/mol. The molecule has 1 aromatic heterocycles. The lowest BCUT2D eigenvalue weighted by Crippen LogP contribution is -2.37. The van der Waals surface area contributed by atoms with Gasteiger partial charge in [-0.2, -0.15) is 13.2 Å². The van der Waals surface area contributed by atoms with E-state index in [-0.39, 0.29) is 12.5 Å². The monoisotopic (exact) mass is 264 g/mol. The van der Waals surface area contributed by atoms with Gasteiger partial charge >= 0.3 is 12.1 Å². The van der Waals surface area contributed by atoms with Gasteiger partial charge in [-0.15, -0.1) is 0 Å². The fourth-order valence-corrected chi connectivity index (χ4v) is 1.06. The lowest BCUT2D eigenvalue weighted by atomic mass is 10.2. The van der Waals surface area contributed by atoms with E-state index in [1.165, 1.54) is 0 Å². The Kier molecular flexibility index (Phi) is 4.49. The Bertz CT molecular complexity index is 423. The van der Waals surface area contributed by atoms with Gasteiger partial charge < -0.3 is 15.2 Å². The number of hydrogen-bond acceptors (Lipinski definition) is 5. The van der Waals surface area contributed by atoms with Crippen LogP contribution in [-0.2, 0) is 15.7 Å². The summed E-state index contributed by atoms with van der Waals surface area (Å²) in [6.45, 7) is -0.318. The molecule has 0 aliphatic heterocycles. The summed E-state index contributed by atoms with van der Waals surface area (Å²) in [5.74, 6) is -0.980. The number of alkyl halides is 3. The predicted molar refractivity (Wildman–Crippen MR) is 54.7 cm³/mol. The van der Waals surface area contributed by atoms with Gasteiger partial charge in [-0.1, -0.05) is 0 Å². The van der Waals surface area contributed by atoms with E-state index in [1.807, 2.05) is 0 Å². The Morgan fingerprint density at radius 3 is 2.78 bits per heavy atom. The molecule has 18 heavy (non-hydrogen) atoms. The first kappa shape index (κ1) is 14.2. The van der Waals surface area contributed by atoms with E-state index >= 15 is 0 Å². The van der Waals surface area contributed by atoms with Crippen molar-refractivity contribution >= 4 is 5.97 Å². The second kappa shape index (κ2) is 5.67. The van der Waals surface area contributed by atoms with Crippen molar-refractivity contribution in [3.05, 3.63) is 23.9 Å². The van der Waals surface area contributed by atoms with E-state index in [9.17, 15) is 18.0 Å². The van der Waals surface area contributed by atoms with Crippen LogP contribution in [0, 0.1) is 0 Å². The Labute approximate surface area is 101 Å². The number of methoxy groups -OCH3 is 1. The van der Waals surface area contributed by atoms with Gasteiger partial charge in [0.2, 0.25) is 5.88 Å². The SMILES string of the molecule is COC(=O)C(N)COc1cc(C(F)(F)F)ccn1. The number of carbonyl (C=O) groups excluding carboxylic acids is 1. The number of ether oxygens (including phenoxy) is 2. The van der Waals surface area contributed by atoms with Crippen molar-refractivity contribution in [2.75, 3.05) is 13.7 Å². The maximum Gasteiger partial charge on any atom is 0.416 e. The number of hydrogen-bond donors (Lipinski definition) is 1. The summed E-state index contributed by atoms with van der Waals surface area (Å²) >= 11 is 0. The molecule has 0 aliphatic carbocycles. The minimum Gasteiger partial charge on any atom is -0.475 e. The van der Waals surface area contributed by atoms with Gasteiger partial charge in [0.05, 0.1) is 12.7 Å². The summed E-state index contributed by atoms with van der Waals surface area (Å²) in [6.07, 6.45) is -3.52. The molecule has 8 heteroatoms. The fraction of sp³-hybridized carbons (Fsp3) is 0.400. The average molecular weight is 264 g/mol. The van der Waals surface area contributed by atoms with Gasteiger partial charge in [0.15, 0.2) is 0 Å². The molecule has 0 bridgehead atoms. The first-order valence-electron chi connectivity index (χ1n) is 4.84. The normalized spacial score (nSPS) is 12.9. The molecule has 0 saturated carbocycles. The zero-order valence-corrected chi connectivity index (χ0v) is 9.40. The number of esters is 1. The van der Waals surface area contributed by atoms with Gasteiger partial charge in [-0.05, 0) is 6.07 Å². The summed E-state index contributed by atoms with van der Waals surface area (Å²) in [5, 5.41) is 0. The van der Waals surface area contributed by atoms with Crippen molar-refractivity contribution in [2.24, 2.45) is 5.73 Å². The van der Waals surface area contributed by atoms with Crippen LogP contribution in [0.2, 0.25) is 0 Å². The van der Waals surface area contributed by atoms with E-state index in [1.54, 1.807) is 0 Å². The van der Waals surface area contributed by atoms with Crippen LogP contribution in [0.1, 0.15) is 5.56 Å². The molecule has 1 atom stereocenters.